The molecule has 1 aliphatic carbocycles. The Morgan fingerprint density at radius 2 is 1.95 bits per heavy atom. The molecule has 0 aromatic heterocycles. The van der Waals surface area contributed by atoms with E-state index in [0.29, 0.717) is 32.7 Å². The lowest BCUT2D eigenvalue weighted by Crippen LogP contribution is -2.76. The molecule has 122 valence electrons. The van der Waals surface area contributed by atoms with Crippen LogP contribution in [0.5, 0.6) is 0 Å². The fourth-order valence-corrected chi connectivity index (χ4v) is 2.82. The van der Waals surface area contributed by atoms with E-state index in [1.807, 2.05) is 27.7 Å². The van der Waals surface area contributed by atoms with Gasteiger partial charge in [-0.25, -0.2) is 4.79 Å². The molecule has 21 heavy (non-hydrogen) atoms. The Labute approximate surface area is 126 Å². The fraction of sp³-hybridized carbons (Fsp3) is 0.867. The molecule has 0 radical (unpaired) electrons. The van der Waals surface area contributed by atoms with Gasteiger partial charge in [0, 0.05) is 38.1 Å². The van der Waals surface area contributed by atoms with Gasteiger partial charge in [-0.15, -0.1) is 0 Å². The average Bonchev–Trinajstić information content (AvgIpc) is 2.41. The number of carboxylic acid groups (broad SMARTS) is 1. The van der Waals surface area contributed by atoms with Crippen LogP contribution in [-0.2, 0) is 19.1 Å². The summed E-state index contributed by atoms with van der Waals surface area (Å²) in [5.74, 6) is -1.25. The summed E-state index contributed by atoms with van der Waals surface area (Å²) in [6, 6.07) is 0. The van der Waals surface area contributed by atoms with Crippen molar-refractivity contribution >= 4 is 11.9 Å². The topological polar surface area (TPSA) is 84.9 Å². The smallest absolute Gasteiger partial charge is 0.330 e. The van der Waals surface area contributed by atoms with Crippen LogP contribution >= 0.6 is 0 Å². The molecule has 6 heteroatoms. The van der Waals surface area contributed by atoms with Crippen molar-refractivity contribution < 1.29 is 24.2 Å². The number of hydrogen-bond donors (Lipinski definition) is 2. The molecule has 1 aliphatic rings. The van der Waals surface area contributed by atoms with Crippen LogP contribution in [0.25, 0.3) is 0 Å². The van der Waals surface area contributed by atoms with E-state index in [0.717, 1.165) is 0 Å². The van der Waals surface area contributed by atoms with Crippen molar-refractivity contribution in [3.63, 3.8) is 0 Å². The van der Waals surface area contributed by atoms with Gasteiger partial charge in [0.1, 0.15) is 5.54 Å². The molecular weight excluding hydrogens is 274 g/mol. The minimum atomic E-state index is -1.24. The average molecular weight is 301 g/mol. The third-order valence-corrected chi connectivity index (χ3v) is 4.38. The van der Waals surface area contributed by atoms with Gasteiger partial charge in [0.2, 0.25) is 5.91 Å². The minimum absolute atomic E-state index is 0.151. The summed E-state index contributed by atoms with van der Waals surface area (Å²) < 4.78 is 10.7. The molecule has 1 saturated carbocycles. The van der Waals surface area contributed by atoms with Gasteiger partial charge in [0.25, 0.3) is 0 Å². The Bertz CT molecular complexity index is 382. The van der Waals surface area contributed by atoms with E-state index in [2.05, 4.69) is 5.32 Å². The lowest BCUT2D eigenvalue weighted by molar-refractivity contribution is -0.194. The summed E-state index contributed by atoms with van der Waals surface area (Å²) in [5.41, 5.74) is -1.88. The van der Waals surface area contributed by atoms with Crippen LogP contribution in [0.15, 0.2) is 0 Å². The van der Waals surface area contributed by atoms with E-state index in [1.54, 1.807) is 0 Å². The summed E-state index contributed by atoms with van der Waals surface area (Å²) in [5, 5.41) is 12.3. The first-order chi connectivity index (χ1) is 9.81. The van der Waals surface area contributed by atoms with Gasteiger partial charge < -0.3 is 19.9 Å². The molecule has 1 rings (SSSR count). The molecule has 0 aromatic carbocycles. The van der Waals surface area contributed by atoms with Crippen LogP contribution < -0.4 is 5.32 Å². The van der Waals surface area contributed by atoms with Crippen LogP contribution in [0, 0.1) is 5.41 Å². The van der Waals surface area contributed by atoms with Gasteiger partial charge in [-0.05, 0) is 20.3 Å². The second-order valence-electron chi connectivity index (χ2n) is 5.93. The van der Waals surface area contributed by atoms with Crippen LogP contribution in [-0.4, -0.2) is 48.4 Å². The number of aliphatic carboxylic acids is 1. The number of carboxylic acids is 1. The molecule has 6 nitrogen and oxygen atoms in total. The molecule has 2 atom stereocenters. The highest BCUT2D eigenvalue weighted by atomic mass is 16.5. The van der Waals surface area contributed by atoms with E-state index < -0.39 is 16.9 Å². The SMILES string of the molecule is CCOCCCC(=O)NC1(C(=O)O)CC(OCC)C1(C)C. The van der Waals surface area contributed by atoms with Crippen molar-refractivity contribution in [1.82, 2.24) is 5.32 Å². The maximum atomic E-state index is 12.0. The largest absolute Gasteiger partial charge is 0.479 e. The zero-order chi connectivity index (χ0) is 16.1. The summed E-state index contributed by atoms with van der Waals surface area (Å²) in [4.78, 5) is 23.7. The van der Waals surface area contributed by atoms with E-state index >= 15 is 0 Å². The number of hydrogen-bond acceptors (Lipinski definition) is 4. The normalized spacial score (nSPS) is 27.0. The van der Waals surface area contributed by atoms with Gasteiger partial charge in [-0.2, -0.15) is 0 Å². The van der Waals surface area contributed by atoms with Gasteiger partial charge in [0.05, 0.1) is 6.10 Å². The molecule has 1 fully saturated rings. The molecule has 0 heterocycles. The Hall–Kier alpha value is -1.14. The van der Waals surface area contributed by atoms with Crippen molar-refractivity contribution in [2.45, 2.75) is 58.6 Å². The number of nitrogens with one attached hydrogen (secondary N) is 1. The maximum Gasteiger partial charge on any atom is 0.330 e. The molecule has 2 unspecified atom stereocenters. The van der Waals surface area contributed by atoms with Gasteiger partial charge in [-0.1, -0.05) is 13.8 Å². The van der Waals surface area contributed by atoms with Crippen LogP contribution in [0.3, 0.4) is 0 Å². The van der Waals surface area contributed by atoms with Crippen molar-refractivity contribution in [3.05, 3.63) is 0 Å². The third-order valence-electron chi connectivity index (χ3n) is 4.38. The first kappa shape index (κ1) is 17.9. The van der Waals surface area contributed by atoms with Gasteiger partial charge >= 0.3 is 5.97 Å². The Kier molecular flexibility index (Phi) is 6.16. The summed E-state index contributed by atoms with van der Waals surface area (Å²) in [6.07, 6.45) is 1.01. The summed E-state index contributed by atoms with van der Waals surface area (Å²) in [7, 11) is 0. The molecule has 0 bridgehead atoms. The van der Waals surface area contributed by atoms with Gasteiger partial charge in [-0.3, -0.25) is 4.79 Å². The highest BCUT2D eigenvalue weighted by Gasteiger charge is 2.66. The van der Waals surface area contributed by atoms with Crippen LogP contribution in [0.4, 0.5) is 0 Å². The summed E-state index contributed by atoms with van der Waals surface area (Å²) >= 11 is 0. The molecule has 0 aliphatic heterocycles. The van der Waals surface area contributed by atoms with Crippen molar-refractivity contribution in [1.29, 1.82) is 0 Å². The second kappa shape index (κ2) is 7.22. The van der Waals surface area contributed by atoms with Crippen molar-refractivity contribution in [2.24, 2.45) is 5.41 Å². The van der Waals surface area contributed by atoms with Crippen molar-refractivity contribution in [2.75, 3.05) is 19.8 Å². The molecule has 0 saturated heterocycles. The minimum Gasteiger partial charge on any atom is -0.479 e. The fourth-order valence-electron chi connectivity index (χ4n) is 2.82. The Morgan fingerprint density at radius 3 is 2.43 bits per heavy atom. The van der Waals surface area contributed by atoms with E-state index in [-0.39, 0.29) is 18.4 Å². The Balaban J connectivity index is 2.63. The van der Waals surface area contributed by atoms with Crippen LogP contribution in [0.2, 0.25) is 0 Å². The molecule has 2 N–H and O–H groups in total. The number of amides is 1. The molecule has 0 spiro atoms. The number of carbonyl (C=O) groups is 2. The Morgan fingerprint density at radius 1 is 1.29 bits per heavy atom. The standard InChI is InChI=1S/C15H27NO5/c1-5-20-9-7-8-12(17)16-15(13(18)19)10-11(21-6-2)14(15,3)4/h11H,5-10H2,1-4H3,(H,16,17)(H,18,19). The van der Waals surface area contributed by atoms with Gasteiger partial charge in [0.15, 0.2) is 0 Å². The van der Waals surface area contributed by atoms with E-state index in [4.69, 9.17) is 9.47 Å². The zero-order valence-corrected chi connectivity index (χ0v) is 13.4. The number of carbonyl (C=O) groups excluding carboxylic acids is 1. The molecular formula is C15H27NO5. The second-order valence-corrected chi connectivity index (χ2v) is 5.93. The lowest BCUT2D eigenvalue weighted by Gasteiger charge is -2.58. The summed E-state index contributed by atoms with van der Waals surface area (Å²) in [6.45, 7) is 9.08. The zero-order valence-electron chi connectivity index (χ0n) is 13.4. The number of ether oxygens (including phenoxy) is 2. The third kappa shape index (κ3) is 3.55. The predicted octanol–water partition coefficient (Wildman–Crippen LogP) is 1.58. The maximum absolute atomic E-state index is 12.0. The van der Waals surface area contributed by atoms with Crippen LogP contribution in [0.1, 0.15) is 47.0 Å². The van der Waals surface area contributed by atoms with Crippen molar-refractivity contribution in [3.8, 4) is 0 Å². The predicted molar refractivity (Wildman–Crippen MR) is 78.0 cm³/mol. The quantitative estimate of drug-likeness (QED) is 0.632. The molecule has 1 amide bonds. The van der Waals surface area contributed by atoms with E-state index in [9.17, 15) is 14.7 Å². The lowest BCUT2D eigenvalue weighted by atomic mass is 9.54. The van der Waals surface area contributed by atoms with E-state index in [1.165, 1.54) is 0 Å². The first-order valence-electron chi connectivity index (χ1n) is 7.55. The monoisotopic (exact) mass is 301 g/mol. The highest BCUT2D eigenvalue weighted by molar-refractivity contribution is 5.89. The first-order valence-corrected chi connectivity index (χ1v) is 7.55. The number of rotatable bonds is 9. The molecule has 0 aromatic rings. The highest BCUT2D eigenvalue weighted by Crippen LogP contribution is 2.51.